The van der Waals surface area contributed by atoms with Gasteiger partial charge >= 0.3 is 6.18 Å². The molecule has 6 heteroatoms. The molecule has 1 atom stereocenters. The van der Waals surface area contributed by atoms with Crippen LogP contribution < -0.4 is 5.32 Å². The summed E-state index contributed by atoms with van der Waals surface area (Å²) in [4.78, 5) is 0. The molecule has 0 heterocycles. The van der Waals surface area contributed by atoms with Crippen molar-refractivity contribution >= 4 is 39.9 Å². The van der Waals surface area contributed by atoms with E-state index in [1.807, 2.05) is 31.2 Å². The highest BCUT2D eigenvalue weighted by atomic mass is 127. The van der Waals surface area contributed by atoms with Crippen molar-refractivity contribution in [3.63, 3.8) is 0 Å². The van der Waals surface area contributed by atoms with Crippen LogP contribution in [0.5, 0.6) is 0 Å². The van der Waals surface area contributed by atoms with E-state index in [0.717, 1.165) is 15.2 Å². The second-order valence-electron chi connectivity index (χ2n) is 4.61. The van der Waals surface area contributed by atoms with Gasteiger partial charge in [-0.05, 0) is 65.4 Å². The molecule has 2 aromatic carbocycles. The van der Waals surface area contributed by atoms with Crippen molar-refractivity contribution in [2.24, 2.45) is 0 Å². The maximum atomic E-state index is 12.8. The first-order valence-electron chi connectivity index (χ1n) is 6.16. The van der Waals surface area contributed by atoms with E-state index in [2.05, 4.69) is 27.9 Å². The molecule has 0 fully saturated rings. The van der Waals surface area contributed by atoms with Crippen LogP contribution in [0, 0.1) is 3.57 Å². The maximum absolute atomic E-state index is 12.8. The smallest absolute Gasteiger partial charge is 0.379 e. The van der Waals surface area contributed by atoms with Crippen LogP contribution in [0.15, 0.2) is 42.5 Å². The van der Waals surface area contributed by atoms with Crippen LogP contribution in [0.1, 0.15) is 24.1 Å². The van der Waals surface area contributed by atoms with Crippen LogP contribution in [0.4, 0.5) is 18.9 Å². The Labute approximate surface area is 139 Å². The number of rotatable bonds is 3. The van der Waals surface area contributed by atoms with E-state index in [-0.39, 0.29) is 11.1 Å². The van der Waals surface area contributed by atoms with Crippen molar-refractivity contribution in [3.8, 4) is 0 Å². The molecular formula is C15H12ClF3IN. The highest BCUT2D eigenvalue weighted by Crippen LogP contribution is 2.36. The standard InChI is InChI=1S/C15H12ClF3IN/c1-9(10-2-4-11(20)5-3-10)21-12-6-7-14(16)13(8-12)15(17,18)19/h2-9,21H,1H3. The molecule has 2 aromatic rings. The lowest BCUT2D eigenvalue weighted by atomic mass is 10.1. The van der Waals surface area contributed by atoms with Crippen molar-refractivity contribution in [2.45, 2.75) is 19.1 Å². The molecule has 0 saturated heterocycles. The molecule has 0 aliphatic heterocycles. The van der Waals surface area contributed by atoms with E-state index < -0.39 is 11.7 Å². The molecule has 2 rings (SSSR count). The predicted octanol–water partition coefficient (Wildman–Crippen LogP) is 6.14. The third kappa shape index (κ3) is 4.26. The number of anilines is 1. The first-order valence-corrected chi connectivity index (χ1v) is 7.62. The van der Waals surface area contributed by atoms with E-state index in [1.54, 1.807) is 6.07 Å². The Balaban J connectivity index is 2.21. The van der Waals surface area contributed by atoms with Crippen LogP contribution in [-0.2, 0) is 6.18 Å². The summed E-state index contributed by atoms with van der Waals surface area (Å²) in [7, 11) is 0. The van der Waals surface area contributed by atoms with E-state index >= 15 is 0 Å². The number of halogens is 5. The maximum Gasteiger partial charge on any atom is 0.417 e. The van der Waals surface area contributed by atoms with Gasteiger partial charge in [0.05, 0.1) is 10.6 Å². The van der Waals surface area contributed by atoms with Crippen molar-refractivity contribution in [1.82, 2.24) is 0 Å². The molecule has 1 nitrogen and oxygen atoms in total. The molecule has 0 saturated carbocycles. The van der Waals surface area contributed by atoms with Crippen LogP contribution in [0.3, 0.4) is 0 Å². The summed E-state index contributed by atoms with van der Waals surface area (Å²) >= 11 is 7.80. The number of alkyl halides is 3. The molecule has 0 aliphatic carbocycles. The molecule has 0 bridgehead atoms. The predicted molar refractivity (Wildman–Crippen MR) is 87.7 cm³/mol. The third-order valence-corrected chi connectivity index (χ3v) is 4.07. The summed E-state index contributed by atoms with van der Waals surface area (Å²) in [6.45, 7) is 1.89. The zero-order valence-electron chi connectivity index (χ0n) is 11.0. The molecule has 0 spiro atoms. The Hall–Kier alpha value is -0.950. The lowest BCUT2D eigenvalue weighted by Crippen LogP contribution is -2.10. The number of hydrogen-bond acceptors (Lipinski definition) is 1. The summed E-state index contributed by atoms with van der Waals surface area (Å²) in [5, 5.41) is 2.76. The Kier molecular flexibility index (Phi) is 5.03. The van der Waals surface area contributed by atoms with Gasteiger partial charge in [0.2, 0.25) is 0 Å². The van der Waals surface area contributed by atoms with Gasteiger partial charge in [0.25, 0.3) is 0 Å². The van der Waals surface area contributed by atoms with Crippen molar-refractivity contribution in [1.29, 1.82) is 0 Å². The fraction of sp³-hybridized carbons (Fsp3) is 0.200. The summed E-state index contributed by atoms with van der Waals surface area (Å²) < 4.78 is 39.6. The minimum Gasteiger partial charge on any atom is -0.379 e. The first-order chi connectivity index (χ1) is 9.77. The van der Waals surface area contributed by atoms with Crippen LogP contribution in [0.25, 0.3) is 0 Å². The Morgan fingerprint density at radius 2 is 1.71 bits per heavy atom. The van der Waals surface area contributed by atoms with E-state index in [1.165, 1.54) is 6.07 Å². The summed E-state index contributed by atoms with van der Waals surface area (Å²) in [6, 6.07) is 11.5. The van der Waals surface area contributed by atoms with Gasteiger partial charge in [0, 0.05) is 15.3 Å². The molecule has 21 heavy (non-hydrogen) atoms. The minimum absolute atomic E-state index is 0.107. The highest BCUT2D eigenvalue weighted by molar-refractivity contribution is 14.1. The van der Waals surface area contributed by atoms with Gasteiger partial charge in [-0.25, -0.2) is 0 Å². The number of nitrogens with one attached hydrogen (secondary N) is 1. The molecule has 1 unspecified atom stereocenters. The van der Waals surface area contributed by atoms with Crippen LogP contribution in [-0.4, -0.2) is 0 Å². The first kappa shape index (κ1) is 16.4. The molecule has 1 N–H and O–H groups in total. The Morgan fingerprint density at radius 1 is 1.10 bits per heavy atom. The SMILES string of the molecule is CC(Nc1ccc(Cl)c(C(F)(F)F)c1)c1ccc(I)cc1. The largest absolute Gasteiger partial charge is 0.417 e. The fourth-order valence-corrected chi connectivity index (χ4v) is 2.50. The van der Waals surface area contributed by atoms with Gasteiger partial charge in [-0.2, -0.15) is 13.2 Å². The van der Waals surface area contributed by atoms with Gasteiger partial charge < -0.3 is 5.32 Å². The van der Waals surface area contributed by atoms with E-state index in [9.17, 15) is 13.2 Å². The lowest BCUT2D eigenvalue weighted by molar-refractivity contribution is -0.137. The molecular weight excluding hydrogens is 414 g/mol. The summed E-state index contributed by atoms with van der Waals surface area (Å²) in [5.74, 6) is 0. The van der Waals surface area contributed by atoms with Gasteiger partial charge in [-0.3, -0.25) is 0 Å². The van der Waals surface area contributed by atoms with Gasteiger partial charge in [0.1, 0.15) is 0 Å². The Bertz CT molecular complexity index is 626. The number of benzene rings is 2. The number of hydrogen-bond donors (Lipinski definition) is 1. The topological polar surface area (TPSA) is 12.0 Å². The Morgan fingerprint density at radius 3 is 2.29 bits per heavy atom. The molecule has 0 aromatic heterocycles. The molecule has 112 valence electrons. The summed E-state index contributed by atoms with van der Waals surface area (Å²) in [6.07, 6.45) is -4.46. The van der Waals surface area contributed by atoms with Crippen molar-refractivity contribution in [3.05, 3.63) is 62.2 Å². The van der Waals surface area contributed by atoms with Gasteiger partial charge in [-0.1, -0.05) is 23.7 Å². The summed E-state index contributed by atoms with van der Waals surface area (Å²) in [5.41, 5.74) is 0.556. The van der Waals surface area contributed by atoms with Crippen LogP contribution >= 0.6 is 34.2 Å². The second kappa shape index (κ2) is 6.44. The van der Waals surface area contributed by atoms with Crippen molar-refractivity contribution < 1.29 is 13.2 Å². The average molecular weight is 426 g/mol. The highest BCUT2D eigenvalue weighted by Gasteiger charge is 2.33. The average Bonchev–Trinajstić information content (AvgIpc) is 2.40. The molecule has 0 aliphatic rings. The van der Waals surface area contributed by atoms with E-state index in [0.29, 0.717) is 5.69 Å². The monoisotopic (exact) mass is 425 g/mol. The van der Waals surface area contributed by atoms with Crippen molar-refractivity contribution in [2.75, 3.05) is 5.32 Å². The van der Waals surface area contributed by atoms with Gasteiger partial charge in [-0.15, -0.1) is 0 Å². The normalized spacial score (nSPS) is 13.0. The molecule has 0 radical (unpaired) electrons. The van der Waals surface area contributed by atoms with Crippen LogP contribution in [0.2, 0.25) is 5.02 Å². The third-order valence-electron chi connectivity index (χ3n) is 3.02. The quantitative estimate of drug-likeness (QED) is 0.583. The van der Waals surface area contributed by atoms with Gasteiger partial charge in [0.15, 0.2) is 0 Å². The fourth-order valence-electron chi connectivity index (χ4n) is 1.92. The molecule has 0 amide bonds. The van der Waals surface area contributed by atoms with E-state index in [4.69, 9.17) is 11.6 Å². The zero-order chi connectivity index (χ0) is 15.6. The second-order valence-corrected chi connectivity index (χ2v) is 6.26. The lowest BCUT2D eigenvalue weighted by Gasteiger charge is -2.18. The zero-order valence-corrected chi connectivity index (χ0v) is 13.9. The minimum atomic E-state index is -4.46.